The molecule has 0 radical (unpaired) electrons. The highest BCUT2D eigenvalue weighted by Gasteiger charge is 2.37. The molecule has 0 atom stereocenters. The number of carbonyl (C=O) groups is 1. The Morgan fingerprint density at radius 2 is 1.67 bits per heavy atom. The summed E-state index contributed by atoms with van der Waals surface area (Å²) in [6.07, 6.45) is -0.185. The van der Waals surface area contributed by atoms with Crippen molar-refractivity contribution in [3.8, 4) is 5.75 Å². The highest BCUT2D eigenvalue weighted by molar-refractivity contribution is 5.95. The highest BCUT2D eigenvalue weighted by atomic mass is 19.4. The van der Waals surface area contributed by atoms with Crippen LogP contribution < -0.4 is 9.64 Å². The van der Waals surface area contributed by atoms with E-state index in [0.29, 0.717) is 11.1 Å². The zero-order valence-electron chi connectivity index (χ0n) is 19.4. The third-order valence-corrected chi connectivity index (χ3v) is 6.72. The fourth-order valence-corrected chi connectivity index (χ4v) is 4.82. The van der Waals surface area contributed by atoms with E-state index in [0.717, 1.165) is 23.5 Å². The lowest BCUT2D eigenvalue weighted by atomic mass is 9.84. The van der Waals surface area contributed by atoms with E-state index in [1.54, 1.807) is 23.1 Å². The van der Waals surface area contributed by atoms with Crippen molar-refractivity contribution in [1.82, 2.24) is 4.90 Å². The molecule has 0 unspecified atom stereocenters. The van der Waals surface area contributed by atoms with Crippen LogP contribution in [0.15, 0.2) is 78.9 Å². The number of hydrogen-bond donors (Lipinski definition) is 1. The van der Waals surface area contributed by atoms with Gasteiger partial charge in [-0.1, -0.05) is 42.5 Å². The average molecular weight is 495 g/mol. The number of ether oxygens (including phenoxy) is 1. The minimum atomic E-state index is -4.80. The van der Waals surface area contributed by atoms with Crippen LogP contribution in [0, 0.1) is 0 Å². The third kappa shape index (κ3) is 4.95. The van der Waals surface area contributed by atoms with Gasteiger partial charge < -0.3 is 19.6 Å². The fraction of sp³-hybridized carbons (Fsp3) is 0.250. The second-order valence-electron chi connectivity index (χ2n) is 9.02. The molecular weight excluding hydrogens is 469 g/mol. The number of piperidine rings is 1. The molecule has 3 aromatic rings. The number of para-hydroxylation sites is 1. The van der Waals surface area contributed by atoms with Gasteiger partial charge in [-0.25, -0.2) is 0 Å². The van der Waals surface area contributed by atoms with Gasteiger partial charge in [-0.15, -0.1) is 13.2 Å². The third-order valence-electron chi connectivity index (χ3n) is 6.72. The van der Waals surface area contributed by atoms with Crippen LogP contribution in [-0.2, 0) is 5.60 Å². The Labute approximate surface area is 207 Å². The molecule has 0 bridgehead atoms. The average Bonchev–Trinajstić information content (AvgIpc) is 2.88. The van der Waals surface area contributed by atoms with Crippen molar-refractivity contribution in [3.05, 3.63) is 95.6 Å². The first-order valence-electron chi connectivity index (χ1n) is 11.7. The molecule has 5 nitrogen and oxygen atoms in total. The quantitative estimate of drug-likeness (QED) is 0.493. The van der Waals surface area contributed by atoms with Crippen LogP contribution in [0.5, 0.6) is 5.75 Å². The summed E-state index contributed by atoms with van der Waals surface area (Å²) in [4.78, 5) is 17.0. The van der Waals surface area contributed by atoms with Crippen molar-refractivity contribution >= 4 is 23.4 Å². The van der Waals surface area contributed by atoms with E-state index in [1.807, 2.05) is 24.3 Å². The second kappa shape index (κ2) is 9.35. The number of rotatable bonds is 4. The van der Waals surface area contributed by atoms with Gasteiger partial charge in [0, 0.05) is 36.6 Å². The van der Waals surface area contributed by atoms with Gasteiger partial charge in [-0.05, 0) is 66.4 Å². The Kier molecular flexibility index (Phi) is 6.22. The van der Waals surface area contributed by atoms with Crippen molar-refractivity contribution in [3.63, 3.8) is 0 Å². The standard InChI is InChI=1S/C28H25F3N2O3/c29-28(30,31)36-24-8-3-7-22(19-24)27(35)14-17-32(18-15-27)26(34)21-10-12-23(13-11-21)33-16-4-6-20-5-1-2-9-25(20)33/h1-13,19,35H,14-18H2. The van der Waals surface area contributed by atoms with E-state index in [-0.39, 0.29) is 37.6 Å². The van der Waals surface area contributed by atoms with Crippen molar-refractivity contribution in [2.24, 2.45) is 0 Å². The van der Waals surface area contributed by atoms with Gasteiger partial charge in [0.05, 0.1) is 5.60 Å². The summed E-state index contributed by atoms with van der Waals surface area (Å²) in [7, 11) is 0. The maximum absolute atomic E-state index is 13.1. The number of anilines is 2. The van der Waals surface area contributed by atoms with E-state index in [1.165, 1.54) is 18.2 Å². The number of halogens is 3. The van der Waals surface area contributed by atoms with Gasteiger partial charge in [0.2, 0.25) is 0 Å². The number of hydrogen-bond acceptors (Lipinski definition) is 4. The molecule has 2 heterocycles. The lowest BCUT2D eigenvalue weighted by Crippen LogP contribution is -2.45. The van der Waals surface area contributed by atoms with E-state index in [9.17, 15) is 23.1 Å². The molecule has 1 amide bonds. The summed E-state index contributed by atoms with van der Waals surface area (Å²) in [6.45, 7) is 1.31. The first-order valence-corrected chi connectivity index (χ1v) is 11.7. The van der Waals surface area contributed by atoms with E-state index < -0.39 is 12.0 Å². The first-order chi connectivity index (χ1) is 17.2. The molecule has 0 aliphatic carbocycles. The Hall–Kier alpha value is -3.78. The van der Waals surface area contributed by atoms with Crippen molar-refractivity contribution in [2.75, 3.05) is 24.5 Å². The number of benzene rings is 3. The molecular formula is C28H25F3N2O3. The Balaban J connectivity index is 1.25. The molecule has 186 valence electrons. The molecule has 8 heteroatoms. The van der Waals surface area contributed by atoms with Crippen molar-refractivity contribution < 1.29 is 27.8 Å². The summed E-state index contributed by atoms with van der Waals surface area (Å²) in [5.41, 5.74) is 2.79. The molecule has 36 heavy (non-hydrogen) atoms. The number of aliphatic hydroxyl groups is 1. The summed E-state index contributed by atoms with van der Waals surface area (Å²) < 4.78 is 41.7. The molecule has 2 aliphatic rings. The number of carbonyl (C=O) groups excluding carboxylic acids is 1. The smallest absolute Gasteiger partial charge is 0.406 e. The number of alkyl halides is 3. The van der Waals surface area contributed by atoms with Gasteiger partial charge in [0.15, 0.2) is 0 Å². The molecule has 1 N–H and O–H groups in total. The maximum atomic E-state index is 13.1. The number of nitrogens with zero attached hydrogens (tertiary/aromatic N) is 2. The Bertz CT molecular complexity index is 1280. The summed E-state index contributed by atoms with van der Waals surface area (Å²) in [5.74, 6) is -0.518. The summed E-state index contributed by atoms with van der Waals surface area (Å²) in [6, 6.07) is 21.0. The Morgan fingerprint density at radius 1 is 0.944 bits per heavy atom. The van der Waals surface area contributed by atoms with Gasteiger partial charge in [0.25, 0.3) is 5.91 Å². The monoisotopic (exact) mass is 494 g/mol. The minimum Gasteiger partial charge on any atom is -0.406 e. The highest BCUT2D eigenvalue weighted by Crippen LogP contribution is 2.36. The molecule has 3 aromatic carbocycles. The fourth-order valence-electron chi connectivity index (χ4n) is 4.82. The zero-order valence-corrected chi connectivity index (χ0v) is 19.4. The number of likely N-dealkylation sites (tertiary alicyclic amines) is 1. The summed E-state index contributed by atoms with van der Waals surface area (Å²) >= 11 is 0. The largest absolute Gasteiger partial charge is 0.573 e. The van der Waals surface area contributed by atoms with Crippen LogP contribution in [0.4, 0.5) is 24.5 Å². The van der Waals surface area contributed by atoms with Gasteiger partial charge in [-0.2, -0.15) is 0 Å². The van der Waals surface area contributed by atoms with Crippen LogP contribution in [0.1, 0.15) is 34.3 Å². The second-order valence-corrected chi connectivity index (χ2v) is 9.02. The lowest BCUT2D eigenvalue weighted by molar-refractivity contribution is -0.274. The lowest BCUT2D eigenvalue weighted by Gasteiger charge is -2.38. The van der Waals surface area contributed by atoms with Crippen molar-refractivity contribution in [1.29, 1.82) is 0 Å². The van der Waals surface area contributed by atoms with Gasteiger partial charge in [0.1, 0.15) is 5.75 Å². The first kappa shape index (κ1) is 23.9. The molecule has 0 saturated carbocycles. The van der Waals surface area contributed by atoms with Crippen LogP contribution >= 0.6 is 0 Å². The van der Waals surface area contributed by atoms with Crippen LogP contribution in [0.3, 0.4) is 0 Å². The van der Waals surface area contributed by atoms with E-state index >= 15 is 0 Å². The van der Waals surface area contributed by atoms with Crippen molar-refractivity contribution in [2.45, 2.75) is 24.8 Å². The molecule has 1 fully saturated rings. The number of amides is 1. The normalized spacial score (nSPS) is 17.0. The molecule has 0 spiro atoms. The van der Waals surface area contributed by atoms with Gasteiger partial charge >= 0.3 is 6.36 Å². The van der Waals surface area contributed by atoms with Crippen LogP contribution in [-0.4, -0.2) is 41.9 Å². The van der Waals surface area contributed by atoms with Crippen LogP contribution in [0.25, 0.3) is 6.08 Å². The maximum Gasteiger partial charge on any atom is 0.573 e. The molecule has 0 aromatic heterocycles. The SMILES string of the molecule is O=C(c1ccc(N2CC=Cc3ccccc32)cc1)N1CCC(O)(c2cccc(OC(F)(F)F)c2)CC1. The van der Waals surface area contributed by atoms with Gasteiger partial charge in [-0.3, -0.25) is 4.79 Å². The predicted octanol–water partition coefficient (Wildman–Crippen LogP) is 5.87. The predicted molar refractivity (Wildman–Crippen MR) is 131 cm³/mol. The molecule has 5 rings (SSSR count). The van der Waals surface area contributed by atoms with E-state index in [4.69, 9.17) is 0 Å². The summed E-state index contributed by atoms with van der Waals surface area (Å²) in [5, 5.41) is 11.1. The zero-order chi connectivity index (χ0) is 25.3. The number of fused-ring (bicyclic) bond motifs is 1. The Morgan fingerprint density at radius 3 is 2.39 bits per heavy atom. The molecule has 1 saturated heterocycles. The van der Waals surface area contributed by atoms with E-state index in [2.05, 4.69) is 33.9 Å². The van der Waals surface area contributed by atoms with Crippen LogP contribution in [0.2, 0.25) is 0 Å². The molecule has 2 aliphatic heterocycles. The minimum absolute atomic E-state index is 0.142. The topological polar surface area (TPSA) is 53.0 Å².